The molecule has 9 nitrogen and oxygen atoms in total. The number of allylic oxidation sites excluding steroid dienone is 1. The third kappa shape index (κ3) is 5.14. The summed E-state index contributed by atoms with van der Waals surface area (Å²) in [5.41, 5.74) is 1.07. The smallest absolute Gasteiger partial charge is 0.244 e. The number of piperazine rings is 1. The second kappa shape index (κ2) is 11.3. The molecule has 33 heavy (non-hydrogen) atoms. The number of rotatable bonds is 6. The zero-order chi connectivity index (χ0) is 20.7. The number of hydrogen-bond acceptors (Lipinski definition) is 7. The van der Waals surface area contributed by atoms with Crippen molar-refractivity contribution in [2.24, 2.45) is 11.8 Å². The fraction of sp³-hybridized carbons (Fsp3) is 0.667. The summed E-state index contributed by atoms with van der Waals surface area (Å²) < 4.78 is 27.3. The highest BCUT2D eigenvalue weighted by atomic mass is 35.5. The van der Waals surface area contributed by atoms with Crippen molar-refractivity contribution in [2.45, 2.75) is 37.4 Å². The maximum absolute atomic E-state index is 13.0. The summed E-state index contributed by atoms with van der Waals surface area (Å²) in [5.74, 6) is 0.333. The third-order valence-corrected chi connectivity index (χ3v) is 9.46. The average Bonchev–Trinajstić information content (AvgIpc) is 3.00. The van der Waals surface area contributed by atoms with E-state index in [2.05, 4.69) is 25.8 Å². The molecule has 3 aliphatic carbocycles. The lowest BCUT2D eigenvalue weighted by atomic mass is 9.70. The second-order valence-corrected chi connectivity index (χ2v) is 10.8. The summed E-state index contributed by atoms with van der Waals surface area (Å²) >= 11 is 0. The third-order valence-electron chi connectivity index (χ3n) is 7.14. The van der Waals surface area contributed by atoms with Crippen LogP contribution < -0.4 is 4.90 Å². The van der Waals surface area contributed by atoms with Gasteiger partial charge in [-0.05, 0) is 50.6 Å². The molecule has 2 N–H and O–H groups in total. The molecule has 1 amide bonds. The van der Waals surface area contributed by atoms with E-state index in [-0.39, 0.29) is 42.1 Å². The molecule has 1 aromatic heterocycles. The first-order valence-electron chi connectivity index (χ1n) is 11.0. The van der Waals surface area contributed by atoms with Crippen molar-refractivity contribution in [2.75, 3.05) is 44.2 Å². The number of anilines is 1. The molecule has 3 unspecified atom stereocenters. The minimum atomic E-state index is -3.50. The number of halogens is 2. The van der Waals surface area contributed by atoms with Crippen molar-refractivity contribution in [3.8, 4) is 0 Å². The Morgan fingerprint density at radius 2 is 1.67 bits per heavy atom. The molecule has 186 valence electrons. The molecule has 0 aromatic carbocycles. The van der Waals surface area contributed by atoms with Gasteiger partial charge in [-0.2, -0.15) is 0 Å². The molecule has 3 heterocycles. The topological polar surface area (TPSA) is 118 Å². The molecular formula is C21H33Cl2N5O4S. The van der Waals surface area contributed by atoms with Gasteiger partial charge in [0.15, 0.2) is 0 Å². The van der Waals surface area contributed by atoms with Gasteiger partial charge in [-0.25, -0.2) is 22.7 Å². The molecule has 2 saturated heterocycles. The number of carbonyl (C=O) groups excluding carboxylic acids is 1. The molecule has 1 aromatic rings. The number of carbonyl (C=O) groups is 1. The monoisotopic (exact) mass is 521 g/mol. The van der Waals surface area contributed by atoms with Gasteiger partial charge in [-0.1, -0.05) is 11.6 Å². The molecule has 1 saturated carbocycles. The van der Waals surface area contributed by atoms with Crippen molar-refractivity contribution >= 4 is 46.7 Å². The van der Waals surface area contributed by atoms with E-state index in [1.54, 1.807) is 12.4 Å². The molecule has 6 rings (SSSR count). The van der Waals surface area contributed by atoms with E-state index < -0.39 is 21.2 Å². The van der Waals surface area contributed by atoms with Crippen LogP contribution in [-0.4, -0.2) is 83.5 Å². The van der Waals surface area contributed by atoms with E-state index in [9.17, 15) is 13.2 Å². The van der Waals surface area contributed by atoms with E-state index >= 15 is 0 Å². The molecule has 2 bridgehead atoms. The van der Waals surface area contributed by atoms with Crippen molar-refractivity contribution in [1.82, 2.24) is 19.2 Å². The zero-order valence-corrected chi connectivity index (χ0v) is 21.0. The molecule has 3 fully saturated rings. The van der Waals surface area contributed by atoms with E-state index in [0.29, 0.717) is 6.54 Å². The molecule has 3 atom stereocenters. The van der Waals surface area contributed by atoms with E-state index in [1.165, 1.54) is 4.31 Å². The van der Waals surface area contributed by atoms with E-state index in [4.69, 9.17) is 0 Å². The van der Waals surface area contributed by atoms with Gasteiger partial charge < -0.3 is 10.4 Å². The highest BCUT2D eigenvalue weighted by Crippen LogP contribution is 2.49. The van der Waals surface area contributed by atoms with E-state index in [1.807, 2.05) is 6.07 Å². The summed E-state index contributed by atoms with van der Waals surface area (Å²) in [7, 11) is -3.50. The van der Waals surface area contributed by atoms with Gasteiger partial charge in [-0.3, -0.25) is 9.69 Å². The van der Waals surface area contributed by atoms with Gasteiger partial charge in [0.25, 0.3) is 0 Å². The first-order valence-corrected chi connectivity index (χ1v) is 12.5. The van der Waals surface area contributed by atoms with Crippen LogP contribution in [0.5, 0.6) is 0 Å². The van der Waals surface area contributed by atoms with Gasteiger partial charge in [0.2, 0.25) is 21.9 Å². The van der Waals surface area contributed by atoms with Crippen LogP contribution in [-0.2, 0) is 14.8 Å². The predicted molar refractivity (Wildman–Crippen MR) is 131 cm³/mol. The first-order chi connectivity index (χ1) is 14.6. The van der Waals surface area contributed by atoms with E-state index in [0.717, 1.165) is 76.3 Å². The van der Waals surface area contributed by atoms with Crippen LogP contribution in [0.1, 0.15) is 32.1 Å². The fourth-order valence-corrected chi connectivity index (χ4v) is 7.95. The van der Waals surface area contributed by atoms with Crippen molar-refractivity contribution in [3.05, 3.63) is 30.1 Å². The Bertz CT molecular complexity index is 941. The van der Waals surface area contributed by atoms with Gasteiger partial charge in [0.1, 0.15) is 0 Å². The fourth-order valence-electron chi connectivity index (χ4n) is 5.53. The highest BCUT2D eigenvalue weighted by molar-refractivity contribution is 7.90. The maximum atomic E-state index is 13.0. The Balaban J connectivity index is 0.00000128. The minimum absolute atomic E-state index is 0. The van der Waals surface area contributed by atoms with Gasteiger partial charge in [0, 0.05) is 45.1 Å². The number of unbranched alkanes of at least 4 members (excludes halogenated alkanes) is 1. The quantitative estimate of drug-likeness (QED) is 0.408. The van der Waals surface area contributed by atoms with Crippen LogP contribution in [0.2, 0.25) is 0 Å². The molecule has 12 heteroatoms. The lowest BCUT2D eigenvalue weighted by molar-refractivity contribution is -0.128. The van der Waals surface area contributed by atoms with Crippen LogP contribution >= 0.6 is 24.8 Å². The summed E-state index contributed by atoms with van der Waals surface area (Å²) in [4.78, 5) is 26.1. The lowest BCUT2D eigenvalue weighted by Crippen LogP contribution is -2.47. The van der Waals surface area contributed by atoms with Crippen LogP contribution in [0.15, 0.2) is 30.1 Å². The zero-order valence-electron chi connectivity index (χ0n) is 18.5. The number of aromatic nitrogens is 2. The van der Waals surface area contributed by atoms with Gasteiger partial charge >= 0.3 is 0 Å². The standard InChI is InChI=1S/C21H29N5O3S.2ClH.H2O/c27-20-18-16-4-6-17(7-5-16)19(18)30(28,29)26(20)11-2-1-10-24-12-14-25(15-13-24)21-22-8-3-9-23-21;;;/h3-4,8-9,17-19H,1-2,5-7,10-15H2;2*1H;1H2. The van der Waals surface area contributed by atoms with Crippen molar-refractivity contribution < 1.29 is 18.7 Å². The van der Waals surface area contributed by atoms with Crippen LogP contribution in [0.4, 0.5) is 5.95 Å². The molecule has 2 aliphatic heterocycles. The van der Waals surface area contributed by atoms with Crippen LogP contribution in [0.25, 0.3) is 0 Å². The summed E-state index contributed by atoms with van der Waals surface area (Å²) in [5, 5.41) is -0.493. The molecule has 0 spiro atoms. The summed E-state index contributed by atoms with van der Waals surface area (Å²) in [6.07, 6.45) is 9.87. The first kappa shape index (κ1) is 27.8. The number of nitrogens with zero attached hydrogens (tertiary/aromatic N) is 5. The summed E-state index contributed by atoms with van der Waals surface area (Å²) in [6, 6.07) is 1.82. The number of amides is 1. The number of fused-ring (bicyclic) bond motifs is 2. The van der Waals surface area contributed by atoms with Gasteiger partial charge in [0.05, 0.1) is 11.2 Å². The van der Waals surface area contributed by atoms with Crippen molar-refractivity contribution in [1.29, 1.82) is 0 Å². The SMILES string of the molecule is Cl.Cl.O.O=C1C2C3=CCC(CC3)C2S(=O)(=O)N1CCCCN1CCN(c2ncccn2)CC1. The van der Waals surface area contributed by atoms with Crippen LogP contribution in [0.3, 0.4) is 0 Å². The average molecular weight is 522 g/mol. The highest BCUT2D eigenvalue weighted by Gasteiger charge is 2.59. The Morgan fingerprint density at radius 1 is 1.00 bits per heavy atom. The summed E-state index contributed by atoms with van der Waals surface area (Å²) in [6.45, 7) is 4.92. The van der Waals surface area contributed by atoms with Crippen molar-refractivity contribution in [3.63, 3.8) is 0 Å². The second-order valence-electron chi connectivity index (χ2n) is 8.80. The Hall–Kier alpha value is -1.46. The number of hydrogen-bond donors (Lipinski definition) is 0. The Labute approximate surface area is 207 Å². The number of sulfonamides is 1. The Morgan fingerprint density at radius 3 is 2.27 bits per heavy atom. The minimum Gasteiger partial charge on any atom is -0.412 e. The predicted octanol–water partition coefficient (Wildman–Crippen LogP) is 1.29. The largest absolute Gasteiger partial charge is 0.412 e. The molecule has 0 radical (unpaired) electrons. The Kier molecular flexibility index (Phi) is 9.52. The lowest BCUT2D eigenvalue weighted by Gasteiger charge is -2.36. The van der Waals surface area contributed by atoms with Crippen LogP contribution in [0, 0.1) is 11.8 Å². The molecular weight excluding hydrogens is 489 g/mol. The normalized spacial score (nSPS) is 27.7. The van der Waals surface area contributed by atoms with Gasteiger partial charge in [-0.15, -0.1) is 24.8 Å². The molecule has 5 aliphatic rings. The maximum Gasteiger partial charge on any atom is 0.244 e.